The van der Waals surface area contributed by atoms with Crippen LogP contribution in [0, 0.1) is 5.92 Å². The van der Waals surface area contributed by atoms with Crippen molar-refractivity contribution in [1.29, 1.82) is 0 Å². The maximum absolute atomic E-state index is 11.0. The van der Waals surface area contributed by atoms with E-state index in [9.17, 15) is 19.2 Å². The lowest BCUT2D eigenvalue weighted by Crippen LogP contribution is -2.43. The second-order valence-corrected chi connectivity index (χ2v) is 5.03. The van der Waals surface area contributed by atoms with Crippen LogP contribution >= 0.6 is 0 Å². The van der Waals surface area contributed by atoms with Gasteiger partial charge in [0.1, 0.15) is 0 Å². The molecule has 0 aromatic carbocycles. The van der Waals surface area contributed by atoms with E-state index in [1.54, 1.807) is 0 Å². The zero-order chi connectivity index (χ0) is 19.1. The van der Waals surface area contributed by atoms with Crippen LogP contribution in [0.5, 0.6) is 0 Å². The minimum Gasteiger partial charge on any atom is -0.481 e. The van der Waals surface area contributed by atoms with E-state index in [0.717, 1.165) is 12.8 Å². The lowest BCUT2D eigenvalue weighted by molar-refractivity contribution is -0.138. The van der Waals surface area contributed by atoms with Crippen molar-refractivity contribution in [2.24, 2.45) is 11.7 Å². The lowest BCUT2D eigenvalue weighted by atomic mass is 9.99. The molecule has 0 aliphatic carbocycles. The van der Waals surface area contributed by atoms with Crippen molar-refractivity contribution < 1.29 is 34.5 Å². The van der Waals surface area contributed by atoms with Gasteiger partial charge in [-0.2, -0.15) is 0 Å². The molecule has 0 spiro atoms. The SMILES string of the molecule is CCC[C@@H](CN[C@@H](CC)C(N)=O)CC(=O)O.O=C(O)/C=C\C(=O)O. The molecule has 2 atom stereocenters. The van der Waals surface area contributed by atoms with Gasteiger partial charge in [-0.3, -0.25) is 9.59 Å². The van der Waals surface area contributed by atoms with Crippen LogP contribution in [0.1, 0.15) is 39.5 Å². The molecular formula is C15H26N2O7. The molecule has 0 radical (unpaired) electrons. The van der Waals surface area contributed by atoms with Gasteiger partial charge in [-0.15, -0.1) is 0 Å². The molecule has 24 heavy (non-hydrogen) atoms. The molecule has 1 amide bonds. The zero-order valence-corrected chi connectivity index (χ0v) is 13.9. The van der Waals surface area contributed by atoms with Crippen molar-refractivity contribution in [3.63, 3.8) is 0 Å². The summed E-state index contributed by atoms with van der Waals surface area (Å²) in [6.07, 6.45) is 3.66. The Hall–Kier alpha value is -2.42. The summed E-state index contributed by atoms with van der Waals surface area (Å²) in [4.78, 5) is 40.7. The first-order valence-electron chi connectivity index (χ1n) is 7.52. The van der Waals surface area contributed by atoms with E-state index >= 15 is 0 Å². The van der Waals surface area contributed by atoms with Crippen LogP contribution in [0.2, 0.25) is 0 Å². The molecule has 0 fully saturated rings. The monoisotopic (exact) mass is 346 g/mol. The number of amides is 1. The zero-order valence-electron chi connectivity index (χ0n) is 13.9. The van der Waals surface area contributed by atoms with Crippen LogP contribution in [0.3, 0.4) is 0 Å². The van der Waals surface area contributed by atoms with Crippen molar-refractivity contribution in [2.45, 2.75) is 45.6 Å². The van der Waals surface area contributed by atoms with Gasteiger partial charge in [0.2, 0.25) is 5.91 Å². The predicted octanol–water partition coefficient (Wildman–Crippen LogP) is 0.443. The molecule has 0 aliphatic rings. The Labute approximate surface area is 140 Å². The number of rotatable bonds is 11. The van der Waals surface area contributed by atoms with E-state index in [0.29, 0.717) is 25.1 Å². The number of carboxylic acid groups (broad SMARTS) is 3. The predicted molar refractivity (Wildman–Crippen MR) is 86.3 cm³/mol. The van der Waals surface area contributed by atoms with Gasteiger partial charge in [0.25, 0.3) is 0 Å². The van der Waals surface area contributed by atoms with E-state index < -0.39 is 17.9 Å². The molecule has 0 aromatic heterocycles. The Bertz CT molecular complexity index is 433. The molecular weight excluding hydrogens is 320 g/mol. The maximum atomic E-state index is 11.0. The summed E-state index contributed by atoms with van der Waals surface area (Å²) in [6, 6.07) is -0.354. The highest BCUT2D eigenvalue weighted by atomic mass is 16.4. The number of carbonyl (C=O) groups excluding carboxylic acids is 1. The van der Waals surface area contributed by atoms with Gasteiger partial charge in [-0.25, -0.2) is 9.59 Å². The summed E-state index contributed by atoms with van der Waals surface area (Å²) in [5.74, 6) is -3.63. The van der Waals surface area contributed by atoms with Gasteiger partial charge in [0.05, 0.1) is 6.04 Å². The quantitative estimate of drug-likeness (QED) is 0.336. The summed E-state index contributed by atoms with van der Waals surface area (Å²) >= 11 is 0. The highest BCUT2D eigenvalue weighted by Gasteiger charge is 2.16. The molecule has 0 unspecified atom stereocenters. The lowest BCUT2D eigenvalue weighted by Gasteiger charge is -2.18. The van der Waals surface area contributed by atoms with Crippen molar-refractivity contribution in [3.05, 3.63) is 12.2 Å². The third-order valence-corrected chi connectivity index (χ3v) is 2.93. The first-order chi connectivity index (χ1) is 11.1. The van der Waals surface area contributed by atoms with Crippen molar-refractivity contribution in [1.82, 2.24) is 5.32 Å². The van der Waals surface area contributed by atoms with E-state index in [-0.39, 0.29) is 24.3 Å². The topological polar surface area (TPSA) is 167 Å². The Morgan fingerprint density at radius 3 is 1.83 bits per heavy atom. The number of nitrogens with two attached hydrogens (primary N) is 1. The molecule has 0 aromatic rings. The molecule has 0 heterocycles. The molecule has 6 N–H and O–H groups in total. The van der Waals surface area contributed by atoms with Crippen LogP contribution in [-0.4, -0.2) is 51.7 Å². The number of carbonyl (C=O) groups is 4. The maximum Gasteiger partial charge on any atom is 0.328 e. The van der Waals surface area contributed by atoms with Gasteiger partial charge in [0, 0.05) is 18.6 Å². The Morgan fingerprint density at radius 1 is 1.04 bits per heavy atom. The fourth-order valence-electron chi connectivity index (χ4n) is 1.83. The van der Waals surface area contributed by atoms with Crippen LogP contribution in [0.15, 0.2) is 12.2 Å². The van der Waals surface area contributed by atoms with Gasteiger partial charge in [-0.05, 0) is 25.3 Å². The summed E-state index contributed by atoms with van der Waals surface area (Å²) in [5, 5.41) is 27.4. The number of hydrogen-bond donors (Lipinski definition) is 5. The van der Waals surface area contributed by atoms with E-state index in [4.69, 9.17) is 21.1 Å². The van der Waals surface area contributed by atoms with Gasteiger partial charge >= 0.3 is 17.9 Å². The highest BCUT2D eigenvalue weighted by Crippen LogP contribution is 2.10. The first kappa shape index (κ1) is 23.8. The van der Waals surface area contributed by atoms with Gasteiger partial charge in [-0.1, -0.05) is 20.3 Å². The summed E-state index contributed by atoms with van der Waals surface area (Å²) in [5.41, 5.74) is 5.19. The number of carboxylic acids is 3. The van der Waals surface area contributed by atoms with Gasteiger partial charge < -0.3 is 26.4 Å². The van der Waals surface area contributed by atoms with Crippen LogP contribution in [-0.2, 0) is 19.2 Å². The normalized spacial score (nSPS) is 12.8. The number of aliphatic carboxylic acids is 3. The summed E-state index contributed by atoms with van der Waals surface area (Å²) in [7, 11) is 0. The molecule has 9 nitrogen and oxygen atoms in total. The minimum atomic E-state index is -1.26. The number of nitrogens with one attached hydrogen (secondary N) is 1. The van der Waals surface area contributed by atoms with Crippen LogP contribution < -0.4 is 11.1 Å². The minimum absolute atomic E-state index is 0.0656. The average Bonchev–Trinajstić information content (AvgIpc) is 2.45. The molecule has 0 saturated heterocycles. The average molecular weight is 346 g/mol. The molecule has 0 aliphatic heterocycles. The second kappa shape index (κ2) is 14.2. The third kappa shape index (κ3) is 16.0. The Balaban J connectivity index is 0. The molecule has 0 rings (SSSR count). The van der Waals surface area contributed by atoms with E-state index in [1.165, 1.54) is 0 Å². The Morgan fingerprint density at radius 2 is 1.54 bits per heavy atom. The Kier molecular flexibility index (Phi) is 14.1. The molecule has 0 saturated carbocycles. The standard InChI is InChI=1S/C11H22N2O3.C4H4O4/c1-3-5-8(6-10(14)15)7-13-9(4-2)11(12)16;5-3(6)1-2-4(7)8/h8-9,13H,3-7H2,1-2H3,(H2,12,16)(H,14,15);1-2H,(H,5,6)(H,7,8)/b;2-1-/t8-,9+;/m1./s1. The van der Waals surface area contributed by atoms with Crippen molar-refractivity contribution in [3.8, 4) is 0 Å². The largest absolute Gasteiger partial charge is 0.481 e. The van der Waals surface area contributed by atoms with Crippen molar-refractivity contribution >= 4 is 23.8 Å². The molecule has 0 bridgehead atoms. The second-order valence-electron chi connectivity index (χ2n) is 5.03. The van der Waals surface area contributed by atoms with E-state index in [2.05, 4.69) is 5.32 Å². The fourth-order valence-corrected chi connectivity index (χ4v) is 1.83. The van der Waals surface area contributed by atoms with Crippen molar-refractivity contribution in [2.75, 3.05) is 6.54 Å². The first-order valence-corrected chi connectivity index (χ1v) is 7.52. The van der Waals surface area contributed by atoms with Gasteiger partial charge in [0.15, 0.2) is 0 Å². The smallest absolute Gasteiger partial charge is 0.328 e. The van der Waals surface area contributed by atoms with Crippen LogP contribution in [0.25, 0.3) is 0 Å². The van der Waals surface area contributed by atoms with Crippen LogP contribution in [0.4, 0.5) is 0 Å². The fraction of sp³-hybridized carbons (Fsp3) is 0.600. The molecule has 138 valence electrons. The molecule has 9 heteroatoms. The summed E-state index contributed by atoms with van der Waals surface area (Å²) < 4.78 is 0. The number of primary amides is 1. The number of hydrogen-bond acceptors (Lipinski definition) is 5. The third-order valence-electron chi connectivity index (χ3n) is 2.93. The van der Waals surface area contributed by atoms with E-state index in [1.807, 2.05) is 13.8 Å². The summed E-state index contributed by atoms with van der Waals surface area (Å²) in [6.45, 7) is 4.41. The highest BCUT2D eigenvalue weighted by molar-refractivity contribution is 5.89.